The zero-order valence-electron chi connectivity index (χ0n) is 12.8. The number of carboxylic acids is 1. The van der Waals surface area contributed by atoms with Crippen molar-refractivity contribution in [1.29, 1.82) is 0 Å². The van der Waals surface area contributed by atoms with Crippen molar-refractivity contribution in [3.63, 3.8) is 0 Å². The Labute approximate surface area is 131 Å². The van der Waals surface area contributed by atoms with E-state index in [0.717, 1.165) is 20.0 Å². The van der Waals surface area contributed by atoms with Crippen molar-refractivity contribution in [3.05, 3.63) is 35.2 Å². The van der Waals surface area contributed by atoms with E-state index in [-0.39, 0.29) is 17.7 Å². The molecule has 1 aromatic heterocycles. The van der Waals surface area contributed by atoms with Crippen LogP contribution in [0.2, 0.25) is 0 Å². The summed E-state index contributed by atoms with van der Waals surface area (Å²) in [6, 6.07) is 1.23. The average Bonchev–Trinajstić information content (AvgIpc) is 2.46. The summed E-state index contributed by atoms with van der Waals surface area (Å²) >= 11 is 0. The summed E-state index contributed by atoms with van der Waals surface area (Å²) in [7, 11) is 0. The summed E-state index contributed by atoms with van der Waals surface area (Å²) < 4.78 is 9.72. The third-order valence-corrected chi connectivity index (χ3v) is 2.60. The topological polar surface area (TPSA) is 120 Å². The molecule has 0 saturated carbocycles. The van der Waals surface area contributed by atoms with Crippen LogP contribution in [0.3, 0.4) is 0 Å². The van der Waals surface area contributed by atoms with Crippen LogP contribution < -0.4 is 0 Å². The number of Topliss-reactive ketones (excluding diaryl/α,β-unsaturated/α-hetero) is 1. The lowest BCUT2D eigenvalue weighted by atomic mass is 10.0. The minimum Gasteiger partial charge on any atom is -0.478 e. The zero-order chi connectivity index (χ0) is 17.6. The molecule has 0 aliphatic carbocycles. The highest BCUT2D eigenvalue weighted by Crippen LogP contribution is 2.25. The second kappa shape index (κ2) is 7.83. The highest BCUT2D eigenvalue weighted by atomic mass is 16.5. The molecule has 1 heterocycles. The Balaban J connectivity index is 3.70. The van der Waals surface area contributed by atoms with Gasteiger partial charge in [-0.15, -0.1) is 0 Å². The predicted molar refractivity (Wildman–Crippen MR) is 77.2 cm³/mol. The van der Waals surface area contributed by atoms with E-state index < -0.39 is 35.0 Å². The number of aromatic carboxylic acids is 1. The van der Waals surface area contributed by atoms with Gasteiger partial charge in [0.05, 0.1) is 12.2 Å². The van der Waals surface area contributed by atoms with Crippen molar-refractivity contribution in [1.82, 2.24) is 4.98 Å². The van der Waals surface area contributed by atoms with E-state index in [1.165, 1.54) is 19.2 Å². The van der Waals surface area contributed by atoms with Crippen molar-refractivity contribution < 1.29 is 33.8 Å². The number of carbonyl (C=O) groups excluding carboxylic acids is 3. The first kappa shape index (κ1) is 18.0. The van der Waals surface area contributed by atoms with Crippen LogP contribution in [0.4, 0.5) is 0 Å². The standard InChI is InChI=1S/C15H15NO7/c1-4-22-15(21)12(8(2)17)13(23-9(3)18)10-5-6-16-7-11(10)14(19)20/h5-7H,4H2,1-3H3,(H,19,20)/b13-12+. The Kier molecular flexibility index (Phi) is 6.13. The molecule has 8 heteroatoms. The average molecular weight is 321 g/mol. The van der Waals surface area contributed by atoms with E-state index in [9.17, 15) is 24.3 Å². The Morgan fingerprint density at radius 2 is 1.83 bits per heavy atom. The minimum absolute atomic E-state index is 0.00883. The molecule has 122 valence electrons. The van der Waals surface area contributed by atoms with Crippen molar-refractivity contribution in [2.75, 3.05) is 6.61 Å². The lowest BCUT2D eigenvalue weighted by molar-refractivity contribution is -0.140. The van der Waals surface area contributed by atoms with Crippen molar-refractivity contribution >= 4 is 29.5 Å². The Hall–Kier alpha value is -3.03. The minimum atomic E-state index is -1.36. The molecule has 1 rings (SSSR count). The molecule has 0 aliphatic rings. The molecular weight excluding hydrogens is 306 g/mol. The van der Waals surface area contributed by atoms with E-state index in [1.54, 1.807) is 0 Å². The largest absolute Gasteiger partial charge is 0.478 e. The third-order valence-electron chi connectivity index (χ3n) is 2.60. The number of nitrogens with zero attached hydrogens (tertiary/aromatic N) is 1. The maximum Gasteiger partial charge on any atom is 0.345 e. The van der Waals surface area contributed by atoms with E-state index >= 15 is 0 Å². The third kappa shape index (κ3) is 4.47. The molecule has 0 saturated heterocycles. The van der Waals surface area contributed by atoms with Crippen molar-refractivity contribution in [3.8, 4) is 0 Å². The monoisotopic (exact) mass is 321 g/mol. The number of carboxylic acid groups (broad SMARTS) is 1. The maximum absolute atomic E-state index is 12.0. The van der Waals surface area contributed by atoms with Crippen molar-refractivity contribution in [2.24, 2.45) is 0 Å². The van der Waals surface area contributed by atoms with E-state index in [4.69, 9.17) is 9.47 Å². The van der Waals surface area contributed by atoms with Gasteiger partial charge < -0.3 is 14.6 Å². The zero-order valence-corrected chi connectivity index (χ0v) is 12.8. The van der Waals surface area contributed by atoms with Gasteiger partial charge in [-0.3, -0.25) is 14.6 Å². The van der Waals surface area contributed by atoms with Gasteiger partial charge >= 0.3 is 17.9 Å². The van der Waals surface area contributed by atoms with Gasteiger partial charge in [0.15, 0.2) is 11.5 Å². The molecule has 0 aliphatic heterocycles. The summed E-state index contributed by atoms with van der Waals surface area (Å²) in [4.78, 5) is 50.1. The van der Waals surface area contributed by atoms with E-state index in [1.807, 2.05) is 0 Å². The molecular formula is C15H15NO7. The molecule has 0 radical (unpaired) electrons. The molecule has 1 aromatic rings. The highest BCUT2D eigenvalue weighted by Gasteiger charge is 2.28. The number of rotatable bonds is 6. The number of hydrogen-bond acceptors (Lipinski definition) is 7. The first-order chi connectivity index (χ1) is 10.8. The van der Waals surface area contributed by atoms with Crippen LogP contribution in [0.25, 0.3) is 5.76 Å². The van der Waals surface area contributed by atoms with Gasteiger partial charge in [0, 0.05) is 24.9 Å². The fourth-order valence-electron chi connectivity index (χ4n) is 1.75. The summed E-state index contributed by atoms with van der Waals surface area (Å²) in [5.41, 5.74) is -0.997. The van der Waals surface area contributed by atoms with Gasteiger partial charge in [-0.05, 0) is 19.9 Å². The molecule has 0 fully saturated rings. The van der Waals surface area contributed by atoms with Crippen LogP contribution in [0.1, 0.15) is 36.7 Å². The smallest absolute Gasteiger partial charge is 0.345 e. The second-order valence-electron chi connectivity index (χ2n) is 4.30. The fraction of sp³-hybridized carbons (Fsp3) is 0.267. The molecule has 0 bridgehead atoms. The van der Waals surface area contributed by atoms with Gasteiger partial charge in [0.25, 0.3) is 0 Å². The quantitative estimate of drug-likeness (QED) is 0.273. The van der Waals surface area contributed by atoms with Crippen LogP contribution in [0.15, 0.2) is 24.0 Å². The van der Waals surface area contributed by atoms with E-state index in [2.05, 4.69) is 4.98 Å². The molecule has 1 N–H and O–H groups in total. The van der Waals surface area contributed by atoms with Gasteiger partial charge in [0.2, 0.25) is 0 Å². The summed E-state index contributed by atoms with van der Waals surface area (Å²) in [5.74, 6) is -4.39. The molecule has 8 nitrogen and oxygen atoms in total. The molecule has 0 spiro atoms. The summed E-state index contributed by atoms with van der Waals surface area (Å²) in [6.07, 6.45) is 2.26. The Bertz CT molecular complexity index is 691. The molecule has 0 unspecified atom stereocenters. The molecule has 0 amide bonds. The first-order valence-electron chi connectivity index (χ1n) is 6.58. The van der Waals surface area contributed by atoms with Crippen molar-refractivity contribution in [2.45, 2.75) is 20.8 Å². The van der Waals surface area contributed by atoms with Crippen LogP contribution in [-0.4, -0.2) is 40.4 Å². The summed E-state index contributed by atoms with van der Waals surface area (Å²) in [6.45, 7) is 3.67. The second-order valence-corrected chi connectivity index (χ2v) is 4.30. The number of ketones is 1. The van der Waals surface area contributed by atoms with Crippen LogP contribution in [0, 0.1) is 0 Å². The first-order valence-corrected chi connectivity index (χ1v) is 6.58. The van der Waals surface area contributed by atoms with Gasteiger partial charge in [-0.25, -0.2) is 9.59 Å². The Morgan fingerprint density at radius 3 is 2.30 bits per heavy atom. The SMILES string of the molecule is CCOC(=O)/C(C(C)=O)=C(/OC(C)=O)c1ccncc1C(=O)O. The van der Waals surface area contributed by atoms with Gasteiger partial charge in [-0.2, -0.15) is 0 Å². The lowest BCUT2D eigenvalue weighted by Gasteiger charge is -2.14. The van der Waals surface area contributed by atoms with Gasteiger partial charge in [0.1, 0.15) is 5.57 Å². The number of esters is 2. The van der Waals surface area contributed by atoms with E-state index in [0.29, 0.717) is 0 Å². The number of carbonyl (C=O) groups is 4. The van der Waals surface area contributed by atoms with Crippen LogP contribution in [-0.2, 0) is 23.9 Å². The predicted octanol–water partition coefficient (Wildman–Crippen LogP) is 1.21. The van der Waals surface area contributed by atoms with Gasteiger partial charge in [-0.1, -0.05) is 0 Å². The fourth-order valence-corrected chi connectivity index (χ4v) is 1.75. The number of pyridine rings is 1. The number of ether oxygens (including phenoxy) is 2. The molecule has 23 heavy (non-hydrogen) atoms. The Morgan fingerprint density at radius 1 is 1.17 bits per heavy atom. The highest BCUT2D eigenvalue weighted by molar-refractivity contribution is 6.22. The van der Waals surface area contributed by atoms with Crippen LogP contribution >= 0.6 is 0 Å². The molecule has 0 atom stereocenters. The number of aromatic nitrogens is 1. The lowest BCUT2D eigenvalue weighted by Crippen LogP contribution is -2.19. The number of hydrogen-bond donors (Lipinski definition) is 1. The normalized spacial score (nSPS) is 11.3. The molecule has 0 aromatic carbocycles. The van der Waals surface area contributed by atoms with Crippen LogP contribution in [0.5, 0.6) is 0 Å². The maximum atomic E-state index is 12.0. The summed E-state index contributed by atoms with van der Waals surface area (Å²) in [5, 5.41) is 9.21.